The van der Waals surface area contributed by atoms with E-state index >= 15 is 0 Å². The number of hydrogen-bond donors (Lipinski definition) is 0. The molecule has 29 heavy (non-hydrogen) atoms. The molecule has 8 nitrogen and oxygen atoms in total. The number of nitrogens with zero attached hydrogens (tertiary/aromatic N) is 5. The lowest BCUT2D eigenvalue weighted by Gasteiger charge is -2.30. The minimum Gasteiger partial charge on any atom is -0.493 e. The highest BCUT2D eigenvalue weighted by Crippen LogP contribution is 2.32. The van der Waals surface area contributed by atoms with Crippen LogP contribution in [0.25, 0.3) is 0 Å². The fourth-order valence-corrected chi connectivity index (χ4v) is 3.79. The van der Waals surface area contributed by atoms with Crippen LogP contribution in [0.1, 0.15) is 48.9 Å². The van der Waals surface area contributed by atoms with E-state index in [0.29, 0.717) is 29.0 Å². The maximum atomic E-state index is 11.0. The SMILES string of the molecule is COc1cc(C=O)ccc1Oc1nc(N2CCCCC2)nc(N2CCCCC2)n1. The molecule has 0 N–H and O–H groups in total. The molecule has 1 aromatic heterocycles. The van der Waals surface area contributed by atoms with Crippen LogP contribution in [-0.4, -0.2) is 54.5 Å². The second kappa shape index (κ2) is 9.07. The van der Waals surface area contributed by atoms with Gasteiger partial charge in [0.2, 0.25) is 11.9 Å². The second-order valence-corrected chi connectivity index (χ2v) is 7.44. The van der Waals surface area contributed by atoms with Gasteiger partial charge in [-0.3, -0.25) is 4.79 Å². The van der Waals surface area contributed by atoms with Gasteiger partial charge < -0.3 is 19.3 Å². The van der Waals surface area contributed by atoms with E-state index in [0.717, 1.165) is 58.1 Å². The van der Waals surface area contributed by atoms with Crippen molar-refractivity contribution in [2.45, 2.75) is 38.5 Å². The normalized spacial score (nSPS) is 17.1. The zero-order chi connectivity index (χ0) is 20.1. The maximum Gasteiger partial charge on any atom is 0.328 e. The van der Waals surface area contributed by atoms with Gasteiger partial charge >= 0.3 is 6.01 Å². The molecule has 0 saturated carbocycles. The fourth-order valence-electron chi connectivity index (χ4n) is 3.79. The number of carbonyl (C=O) groups excluding carboxylic acids is 1. The first-order valence-electron chi connectivity index (χ1n) is 10.3. The summed E-state index contributed by atoms with van der Waals surface area (Å²) in [6, 6.07) is 5.27. The van der Waals surface area contributed by atoms with Crippen molar-refractivity contribution < 1.29 is 14.3 Å². The van der Waals surface area contributed by atoms with E-state index in [4.69, 9.17) is 14.5 Å². The molecule has 8 heteroatoms. The molecule has 3 heterocycles. The van der Waals surface area contributed by atoms with E-state index in [-0.39, 0.29) is 6.01 Å². The van der Waals surface area contributed by atoms with Crippen LogP contribution in [0.5, 0.6) is 17.5 Å². The summed E-state index contributed by atoms with van der Waals surface area (Å²) in [5.41, 5.74) is 0.521. The van der Waals surface area contributed by atoms with E-state index in [1.807, 2.05) is 0 Å². The summed E-state index contributed by atoms with van der Waals surface area (Å²) in [7, 11) is 1.54. The van der Waals surface area contributed by atoms with Crippen molar-refractivity contribution >= 4 is 18.2 Å². The Bertz CT molecular complexity index is 812. The third-order valence-electron chi connectivity index (χ3n) is 5.39. The molecule has 2 fully saturated rings. The lowest BCUT2D eigenvalue weighted by Crippen LogP contribution is -2.34. The number of carbonyl (C=O) groups is 1. The molecule has 0 spiro atoms. The van der Waals surface area contributed by atoms with Gasteiger partial charge in [-0.25, -0.2) is 0 Å². The van der Waals surface area contributed by atoms with Gasteiger partial charge in [0.25, 0.3) is 0 Å². The van der Waals surface area contributed by atoms with Gasteiger partial charge in [-0.1, -0.05) is 0 Å². The summed E-state index contributed by atoms with van der Waals surface area (Å²) in [6.07, 6.45) is 7.82. The Morgan fingerprint density at radius 2 is 1.41 bits per heavy atom. The van der Waals surface area contributed by atoms with Crippen LogP contribution in [0.15, 0.2) is 18.2 Å². The summed E-state index contributed by atoms with van der Waals surface area (Å²) in [5.74, 6) is 2.27. The van der Waals surface area contributed by atoms with Crippen molar-refractivity contribution in [3.05, 3.63) is 23.8 Å². The number of aromatic nitrogens is 3. The molecule has 0 bridgehead atoms. The highest BCUT2D eigenvalue weighted by Gasteiger charge is 2.21. The van der Waals surface area contributed by atoms with Crippen LogP contribution < -0.4 is 19.3 Å². The topological polar surface area (TPSA) is 80.7 Å². The van der Waals surface area contributed by atoms with Crippen LogP contribution in [0.4, 0.5) is 11.9 Å². The van der Waals surface area contributed by atoms with E-state index in [2.05, 4.69) is 19.8 Å². The molecule has 2 aliphatic rings. The van der Waals surface area contributed by atoms with E-state index < -0.39 is 0 Å². The number of methoxy groups -OCH3 is 1. The Hall–Kier alpha value is -2.90. The standard InChI is InChI=1S/C21H27N5O3/c1-28-18-14-16(15-27)8-9-17(18)29-21-23-19(25-10-4-2-5-11-25)22-20(24-21)26-12-6-3-7-13-26/h8-9,14-15H,2-7,10-13H2,1H3. The monoisotopic (exact) mass is 397 g/mol. The van der Waals surface area contributed by atoms with Gasteiger partial charge in [-0.15, -0.1) is 0 Å². The highest BCUT2D eigenvalue weighted by atomic mass is 16.5. The van der Waals surface area contributed by atoms with E-state index in [1.54, 1.807) is 25.3 Å². The molecule has 2 saturated heterocycles. The van der Waals surface area contributed by atoms with Crippen LogP contribution in [-0.2, 0) is 0 Å². The number of anilines is 2. The molecule has 0 unspecified atom stereocenters. The van der Waals surface area contributed by atoms with Gasteiger partial charge in [-0.05, 0) is 56.7 Å². The van der Waals surface area contributed by atoms with Gasteiger partial charge in [0.05, 0.1) is 7.11 Å². The van der Waals surface area contributed by atoms with Gasteiger partial charge in [0.1, 0.15) is 6.29 Å². The number of hydrogen-bond acceptors (Lipinski definition) is 8. The quantitative estimate of drug-likeness (QED) is 0.686. The highest BCUT2D eigenvalue weighted by molar-refractivity contribution is 5.76. The maximum absolute atomic E-state index is 11.0. The predicted octanol–water partition coefficient (Wildman–Crippen LogP) is 3.47. The van der Waals surface area contributed by atoms with E-state index in [9.17, 15) is 4.79 Å². The van der Waals surface area contributed by atoms with Crippen LogP contribution in [0, 0.1) is 0 Å². The Kier molecular flexibility index (Phi) is 6.07. The Labute approximate surface area is 170 Å². The molecule has 154 valence electrons. The molecule has 2 aliphatic heterocycles. The molecule has 0 amide bonds. The summed E-state index contributed by atoms with van der Waals surface area (Å²) >= 11 is 0. The van der Waals surface area contributed by atoms with Crippen molar-refractivity contribution in [3.8, 4) is 17.5 Å². The van der Waals surface area contributed by atoms with Gasteiger partial charge in [0.15, 0.2) is 11.5 Å². The van der Waals surface area contributed by atoms with Crippen LogP contribution >= 0.6 is 0 Å². The Balaban J connectivity index is 1.66. The zero-order valence-corrected chi connectivity index (χ0v) is 16.8. The molecule has 0 atom stereocenters. The summed E-state index contributed by atoms with van der Waals surface area (Å²) < 4.78 is 11.4. The first-order valence-corrected chi connectivity index (χ1v) is 10.3. The smallest absolute Gasteiger partial charge is 0.328 e. The van der Waals surface area contributed by atoms with Gasteiger partial charge in [-0.2, -0.15) is 15.0 Å². The lowest BCUT2D eigenvalue weighted by atomic mass is 10.1. The number of benzene rings is 1. The molecule has 2 aromatic rings. The van der Waals surface area contributed by atoms with Crippen molar-refractivity contribution in [1.82, 2.24) is 15.0 Å². The molecule has 0 radical (unpaired) electrons. The average Bonchev–Trinajstić information content (AvgIpc) is 2.80. The van der Waals surface area contributed by atoms with Crippen molar-refractivity contribution in [2.24, 2.45) is 0 Å². The van der Waals surface area contributed by atoms with E-state index in [1.165, 1.54) is 12.8 Å². The predicted molar refractivity (Wildman–Crippen MR) is 110 cm³/mol. The molecular weight excluding hydrogens is 370 g/mol. The fraction of sp³-hybridized carbons (Fsp3) is 0.524. The minimum atomic E-state index is 0.248. The van der Waals surface area contributed by atoms with Crippen molar-refractivity contribution in [2.75, 3.05) is 43.1 Å². The third kappa shape index (κ3) is 4.58. The molecule has 1 aromatic carbocycles. The molecular formula is C21H27N5O3. The summed E-state index contributed by atoms with van der Waals surface area (Å²) in [6.45, 7) is 3.78. The number of rotatable bonds is 6. The van der Waals surface area contributed by atoms with Crippen LogP contribution in [0.3, 0.4) is 0 Å². The number of aldehydes is 1. The largest absolute Gasteiger partial charge is 0.493 e. The molecule has 4 rings (SSSR count). The Morgan fingerprint density at radius 1 is 0.828 bits per heavy atom. The zero-order valence-electron chi connectivity index (χ0n) is 16.8. The van der Waals surface area contributed by atoms with Crippen molar-refractivity contribution in [1.29, 1.82) is 0 Å². The first-order chi connectivity index (χ1) is 14.3. The summed E-state index contributed by atoms with van der Waals surface area (Å²) in [5, 5.41) is 0. The minimum absolute atomic E-state index is 0.248. The second-order valence-electron chi connectivity index (χ2n) is 7.44. The van der Waals surface area contributed by atoms with Crippen molar-refractivity contribution in [3.63, 3.8) is 0 Å². The Morgan fingerprint density at radius 3 is 1.93 bits per heavy atom. The average molecular weight is 397 g/mol. The third-order valence-corrected chi connectivity index (χ3v) is 5.39. The molecule has 0 aliphatic carbocycles. The lowest BCUT2D eigenvalue weighted by molar-refractivity contribution is 0.112. The first kappa shape index (κ1) is 19.4. The van der Waals surface area contributed by atoms with Gasteiger partial charge in [0, 0.05) is 31.7 Å². The summed E-state index contributed by atoms with van der Waals surface area (Å²) in [4.78, 5) is 29.4. The number of piperidine rings is 2. The number of ether oxygens (including phenoxy) is 2. The van der Waals surface area contributed by atoms with Crippen LogP contribution in [0.2, 0.25) is 0 Å².